The fraction of sp³-hybridized carbons (Fsp3) is 1.00. The van der Waals surface area contributed by atoms with Crippen LogP contribution < -0.4 is 5.32 Å². The minimum absolute atomic E-state index is 0.292. The highest BCUT2D eigenvalue weighted by Crippen LogP contribution is 2.40. The van der Waals surface area contributed by atoms with Crippen molar-refractivity contribution >= 4 is 10.2 Å². The Hall–Kier alpha value is -0.170. The first kappa shape index (κ1) is 15.7. The molecular formula is C15H29N3O2S. The second kappa shape index (κ2) is 6.14. The normalized spacial score (nSPS) is 32.3. The lowest BCUT2D eigenvalue weighted by atomic mass is 9.98. The monoisotopic (exact) mass is 315 g/mol. The van der Waals surface area contributed by atoms with Gasteiger partial charge in [-0.2, -0.15) is 17.0 Å². The van der Waals surface area contributed by atoms with Gasteiger partial charge in [-0.1, -0.05) is 13.8 Å². The average Bonchev–Trinajstić information content (AvgIpc) is 3.08. The molecule has 0 spiro atoms. The lowest BCUT2D eigenvalue weighted by Gasteiger charge is -2.36. The van der Waals surface area contributed by atoms with Gasteiger partial charge in [-0.05, 0) is 50.5 Å². The van der Waals surface area contributed by atoms with E-state index in [4.69, 9.17) is 0 Å². The number of hydrogen-bond donors (Lipinski definition) is 1. The summed E-state index contributed by atoms with van der Waals surface area (Å²) in [4.78, 5) is 0. The second-order valence-corrected chi connectivity index (χ2v) is 9.20. The van der Waals surface area contributed by atoms with Crippen molar-refractivity contribution < 1.29 is 8.42 Å². The quantitative estimate of drug-likeness (QED) is 0.835. The summed E-state index contributed by atoms with van der Waals surface area (Å²) in [6, 6.07) is 0.798. The molecule has 0 amide bonds. The third-order valence-electron chi connectivity index (χ3n) is 5.37. The molecule has 6 heteroatoms. The minimum Gasteiger partial charge on any atom is -0.314 e. The molecule has 2 atom stereocenters. The van der Waals surface area contributed by atoms with Gasteiger partial charge < -0.3 is 5.32 Å². The summed E-state index contributed by atoms with van der Waals surface area (Å²) < 4.78 is 29.1. The molecule has 0 aromatic heterocycles. The third-order valence-corrected chi connectivity index (χ3v) is 7.43. The van der Waals surface area contributed by atoms with Crippen LogP contribution in [0.5, 0.6) is 0 Å². The molecule has 2 bridgehead atoms. The van der Waals surface area contributed by atoms with Gasteiger partial charge in [0.15, 0.2) is 0 Å². The standard InChI is InChI=1S/C15H29N3O2S/c1-12(2)16-10-13-5-7-17(8-6-13)21(19,20)18-11-14-3-4-15(18)9-14/h12-16H,3-11H2,1-2H3. The molecular weight excluding hydrogens is 286 g/mol. The van der Waals surface area contributed by atoms with E-state index >= 15 is 0 Å². The van der Waals surface area contributed by atoms with E-state index in [0.717, 1.165) is 38.8 Å². The molecule has 5 nitrogen and oxygen atoms in total. The molecule has 3 fully saturated rings. The lowest BCUT2D eigenvalue weighted by molar-refractivity contribution is 0.235. The zero-order chi connectivity index (χ0) is 15.0. The molecule has 2 aliphatic heterocycles. The average molecular weight is 315 g/mol. The maximum Gasteiger partial charge on any atom is 0.282 e. The number of nitrogens with one attached hydrogen (secondary N) is 1. The Kier molecular flexibility index (Phi) is 4.60. The molecule has 1 saturated carbocycles. The summed E-state index contributed by atoms with van der Waals surface area (Å²) in [5.41, 5.74) is 0. The van der Waals surface area contributed by atoms with Gasteiger partial charge in [-0.3, -0.25) is 0 Å². The van der Waals surface area contributed by atoms with Crippen LogP contribution in [0.15, 0.2) is 0 Å². The molecule has 2 heterocycles. The summed E-state index contributed by atoms with van der Waals surface area (Å²) in [6.45, 7) is 7.48. The third kappa shape index (κ3) is 3.28. The predicted octanol–water partition coefficient (Wildman–Crippen LogP) is 1.43. The largest absolute Gasteiger partial charge is 0.314 e. The maximum atomic E-state index is 12.8. The van der Waals surface area contributed by atoms with Crippen molar-refractivity contribution in [2.24, 2.45) is 11.8 Å². The van der Waals surface area contributed by atoms with E-state index in [-0.39, 0.29) is 0 Å². The van der Waals surface area contributed by atoms with Gasteiger partial charge in [-0.15, -0.1) is 0 Å². The van der Waals surface area contributed by atoms with E-state index in [2.05, 4.69) is 19.2 Å². The fourth-order valence-corrected chi connectivity index (χ4v) is 5.99. The SMILES string of the molecule is CC(C)NCC1CCN(S(=O)(=O)N2CC3CCC2C3)CC1. The Bertz CT molecular complexity index is 458. The van der Waals surface area contributed by atoms with Gasteiger partial charge in [0.1, 0.15) is 0 Å². The number of piperidine rings is 2. The van der Waals surface area contributed by atoms with Crippen molar-refractivity contribution in [3.8, 4) is 0 Å². The molecule has 0 aromatic rings. The zero-order valence-corrected chi connectivity index (χ0v) is 14.1. The van der Waals surface area contributed by atoms with Crippen LogP contribution in [0, 0.1) is 11.8 Å². The van der Waals surface area contributed by atoms with Crippen LogP contribution in [0.4, 0.5) is 0 Å². The predicted molar refractivity (Wildman–Crippen MR) is 84.2 cm³/mol. The highest BCUT2D eigenvalue weighted by atomic mass is 32.2. The number of fused-ring (bicyclic) bond motifs is 2. The Labute approximate surface area is 129 Å². The van der Waals surface area contributed by atoms with E-state index in [1.54, 1.807) is 8.61 Å². The molecule has 122 valence electrons. The van der Waals surface area contributed by atoms with Gasteiger partial charge in [-0.25, -0.2) is 0 Å². The van der Waals surface area contributed by atoms with E-state index in [1.807, 2.05) is 0 Å². The van der Waals surface area contributed by atoms with Crippen LogP contribution in [0.3, 0.4) is 0 Å². The highest BCUT2D eigenvalue weighted by molar-refractivity contribution is 7.86. The summed E-state index contributed by atoms with van der Waals surface area (Å²) >= 11 is 0. The van der Waals surface area contributed by atoms with Gasteiger partial charge in [0.25, 0.3) is 10.2 Å². The summed E-state index contributed by atoms with van der Waals surface area (Å²) in [7, 11) is -3.20. The first-order valence-electron chi connectivity index (χ1n) is 8.47. The lowest BCUT2D eigenvalue weighted by Crippen LogP contribution is -2.50. The summed E-state index contributed by atoms with van der Waals surface area (Å²) in [6.07, 6.45) is 5.36. The van der Waals surface area contributed by atoms with Gasteiger partial charge >= 0.3 is 0 Å². The fourth-order valence-electron chi connectivity index (χ4n) is 4.06. The number of rotatable bonds is 5. The van der Waals surface area contributed by atoms with E-state index in [9.17, 15) is 8.42 Å². The van der Waals surface area contributed by atoms with Crippen molar-refractivity contribution in [1.82, 2.24) is 13.9 Å². The van der Waals surface area contributed by atoms with Crippen LogP contribution in [0.2, 0.25) is 0 Å². The molecule has 0 aromatic carbocycles. The molecule has 3 aliphatic rings. The summed E-state index contributed by atoms with van der Waals surface area (Å²) in [5, 5.41) is 3.47. The Morgan fingerprint density at radius 3 is 2.38 bits per heavy atom. The number of nitrogens with zero attached hydrogens (tertiary/aromatic N) is 2. The van der Waals surface area contributed by atoms with Crippen molar-refractivity contribution in [2.75, 3.05) is 26.2 Å². The van der Waals surface area contributed by atoms with E-state index in [1.165, 1.54) is 6.42 Å². The molecule has 3 rings (SSSR count). The molecule has 21 heavy (non-hydrogen) atoms. The van der Waals surface area contributed by atoms with E-state index in [0.29, 0.717) is 37.0 Å². The van der Waals surface area contributed by atoms with Crippen LogP contribution in [0.1, 0.15) is 46.0 Å². The Morgan fingerprint density at radius 1 is 1.14 bits per heavy atom. The second-order valence-electron chi connectivity index (χ2n) is 7.32. The molecule has 1 N–H and O–H groups in total. The van der Waals surface area contributed by atoms with Crippen LogP contribution in [0.25, 0.3) is 0 Å². The minimum atomic E-state index is -3.20. The van der Waals surface area contributed by atoms with Crippen molar-refractivity contribution in [1.29, 1.82) is 0 Å². The van der Waals surface area contributed by atoms with E-state index < -0.39 is 10.2 Å². The first-order chi connectivity index (χ1) is 9.96. The van der Waals surface area contributed by atoms with Gasteiger partial charge in [0.2, 0.25) is 0 Å². The maximum absolute atomic E-state index is 12.8. The molecule has 0 radical (unpaired) electrons. The summed E-state index contributed by atoms with van der Waals surface area (Å²) in [5.74, 6) is 1.24. The van der Waals surface area contributed by atoms with Crippen molar-refractivity contribution in [2.45, 2.75) is 58.0 Å². The van der Waals surface area contributed by atoms with Crippen LogP contribution >= 0.6 is 0 Å². The van der Waals surface area contributed by atoms with Gasteiger partial charge in [0, 0.05) is 31.7 Å². The smallest absolute Gasteiger partial charge is 0.282 e. The Morgan fingerprint density at radius 2 is 1.86 bits per heavy atom. The van der Waals surface area contributed by atoms with Crippen LogP contribution in [-0.4, -0.2) is 55.3 Å². The zero-order valence-electron chi connectivity index (χ0n) is 13.3. The van der Waals surface area contributed by atoms with Crippen molar-refractivity contribution in [3.63, 3.8) is 0 Å². The topological polar surface area (TPSA) is 52.7 Å². The number of hydrogen-bond acceptors (Lipinski definition) is 3. The molecule has 1 aliphatic carbocycles. The van der Waals surface area contributed by atoms with Crippen molar-refractivity contribution in [3.05, 3.63) is 0 Å². The highest BCUT2D eigenvalue weighted by Gasteiger charge is 2.46. The molecule has 2 saturated heterocycles. The molecule has 2 unspecified atom stereocenters. The van der Waals surface area contributed by atoms with Gasteiger partial charge in [0.05, 0.1) is 0 Å². The Balaban J connectivity index is 1.54. The van der Waals surface area contributed by atoms with Crippen LogP contribution in [-0.2, 0) is 10.2 Å². The first-order valence-corrected chi connectivity index (χ1v) is 9.87.